The van der Waals surface area contributed by atoms with Crippen molar-refractivity contribution in [3.05, 3.63) is 11.3 Å². The fraction of sp³-hybridized carbons (Fsp3) is 0.810. The van der Waals surface area contributed by atoms with E-state index in [-0.39, 0.29) is 24.3 Å². The van der Waals surface area contributed by atoms with Crippen molar-refractivity contribution in [2.75, 3.05) is 0 Å². The van der Waals surface area contributed by atoms with Gasteiger partial charge in [-0.05, 0) is 37.0 Å². The summed E-state index contributed by atoms with van der Waals surface area (Å²) in [5.74, 6) is -1.94. The van der Waals surface area contributed by atoms with E-state index in [1.807, 2.05) is 41.5 Å². The predicted octanol–water partition coefficient (Wildman–Crippen LogP) is 3.58. The van der Waals surface area contributed by atoms with E-state index >= 15 is 0 Å². The predicted molar refractivity (Wildman–Crippen MR) is 102 cm³/mol. The van der Waals surface area contributed by atoms with Crippen LogP contribution in [0.25, 0.3) is 0 Å². The lowest BCUT2D eigenvalue weighted by molar-refractivity contribution is -0.137. The van der Waals surface area contributed by atoms with E-state index < -0.39 is 34.9 Å². The van der Waals surface area contributed by atoms with E-state index in [9.17, 15) is 24.9 Å². The molecule has 0 aromatic heterocycles. The Bertz CT molecular complexity index is 547. The molecule has 3 atom stereocenters. The second-order valence-corrected chi connectivity index (χ2v) is 8.95. The van der Waals surface area contributed by atoms with Crippen LogP contribution in [0, 0.1) is 23.7 Å². The summed E-state index contributed by atoms with van der Waals surface area (Å²) in [7, 11) is 0. The van der Waals surface area contributed by atoms with Gasteiger partial charge < -0.3 is 15.3 Å². The Labute approximate surface area is 157 Å². The van der Waals surface area contributed by atoms with Crippen molar-refractivity contribution in [1.29, 1.82) is 0 Å². The van der Waals surface area contributed by atoms with Crippen LogP contribution >= 0.6 is 0 Å². The average molecular weight is 369 g/mol. The molecule has 1 aliphatic rings. The molecule has 0 aromatic rings. The molecule has 0 saturated heterocycles. The first-order chi connectivity index (χ1) is 11.9. The summed E-state index contributed by atoms with van der Waals surface area (Å²) in [4.78, 5) is 25.4. The van der Waals surface area contributed by atoms with Crippen molar-refractivity contribution in [2.24, 2.45) is 23.7 Å². The number of allylic oxidation sites excluding steroid dienone is 1. The second kappa shape index (κ2) is 9.14. The molecule has 0 heterocycles. The molecular formula is C21H36O5. The standard InChI is InChI=1S/C21H36O5/c1-12(2)7-9-15-19(24)18(16(22)11-14(5)6)20(25)21(15,26)17(23)10-8-13(3)4/h12-15,17,23,25-26H,7-11H2,1-6H3/t15-,17?,21-/m0/s1. The third-order valence-electron chi connectivity index (χ3n) is 5.14. The minimum atomic E-state index is -2.07. The Morgan fingerprint density at radius 2 is 1.54 bits per heavy atom. The summed E-state index contributed by atoms with van der Waals surface area (Å²) in [5.41, 5.74) is -2.37. The summed E-state index contributed by atoms with van der Waals surface area (Å²) < 4.78 is 0. The van der Waals surface area contributed by atoms with Crippen LogP contribution in [0.4, 0.5) is 0 Å². The van der Waals surface area contributed by atoms with Crippen molar-refractivity contribution >= 4 is 11.6 Å². The molecule has 0 radical (unpaired) electrons. The van der Waals surface area contributed by atoms with Crippen LogP contribution in [0.3, 0.4) is 0 Å². The Hall–Kier alpha value is -1.20. The molecule has 0 bridgehead atoms. The molecule has 5 nitrogen and oxygen atoms in total. The fourth-order valence-corrected chi connectivity index (χ4v) is 3.55. The molecule has 26 heavy (non-hydrogen) atoms. The molecule has 0 amide bonds. The lowest BCUT2D eigenvalue weighted by Crippen LogP contribution is -2.49. The topological polar surface area (TPSA) is 94.8 Å². The minimum absolute atomic E-state index is 0.0317. The van der Waals surface area contributed by atoms with Gasteiger partial charge in [0.2, 0.25) is 0 Å². The highest BCUT2D eigenvalue weighted by Crippen LogP contribution is 2.44. The summed E-state index contributed by atoms with van der Waals surface area (Å²) in [6.07, 6.45) is 0.741. The lowest BCUT2D eigenvalue weighted by atomic mass is 9.78. The largest absolute Gasteiger partial charge is 0.508 e. The van der Waals surface area contributed by atoms with Crippen LogP contribution in [0.15, 0.2) is 11.3 Å². The van der Waals surface area contributed by atoms with Gasteiger partial charge >= 0.3 is 0 Å². The number of Topliss-reactive ketones (excluding diaryl/α,β-unsaturated/α-hetero) is 2. The fourth-order valence-electron chi connectivity index (χ4n) is 3.55. The molecule has 1 aliphatic carbocycles. The monoisotopic (exact) mass is 368 g/mol. The van der Waals surface area contributed by atoms with Crippen molar-refractivity contribution in [2.45, 2.75) is 85.4 Å². The zero-order valence-corrected chi connectivity index (χ0v) is 17.1. The van der Waals surface area contributed by atoms with Crippen molar-refractivity contribution in [3.63, 3.8) is 0 Å². The first-order valence-electron chi connectivity index (χ1n) is 9.84. The van der Waals surface area contributed by atoms with Crippen LogP contribution in [-0.4, -0.2) is 38.6 Å². The van der Waals surface area contributed by atoms with Crippen LogP contribution < -0.4 is 0 Å². The van der Waals surface area contributed by atoms with Crippen molar-refractivity contribution in [3.8, 4) is 0 Å². The highest BCUT2D eigenvalue weighted by Gasteiger charge is 2.58. The molecule has 5 heteroatoms. The zero-order chi connectivity index (χ0) is 20.2. The summed E-state index contributed by atoms with van der Waals surface area (Å²) in [6, 6.07) is 0. The Morgan fingerprint density at radius 3 is 2.00 bits per heavy atom. The van der Waals surface area contributed by atoms with E-state index in [1.165, 1.54) is 0 Å². The van der Waals surface area contributed by atoms with Gasteiger partial charge in [0.1, 0.15) is 11.3 Å². The maximum absolute atomic E-state index is 12.9. The van der Waals surface area contributed by atoms with E-state index in [1.54, 1.807) is 0 Å². The van der Waals surface area contributed by atoms with Crippen LogP contribution in [-0.2, 0) is 9.59 Å². The molecule has 150 valence electrons. The highest BCUT2D eigenvalue weighted by atomic mass is 16.4. The van der Waals surface area contributed by atoms with Gasteiger partial charge in [-0.2, -0.15) is 0 Å². The number of carbonyl (C=O) groups excluding carboxylic acids is 2. The lowest BCUT2D eigenvalue weighted by Gasteiger charge is -2.34. The number of ketones is 2. The molecule has 0 aliphatic heterocycles. The normalized spacial score (nSPS) is 25.0. The Kier molecular flexibility index (Phi) is 8.03. The number of hydrogen-bond donors (Lipinski definition) is 3. The third kappa shape index (κ3) is 4.95. The zero-order valence-electron chi connectivity index (χ0n) is 17.1. The maximum atomic E-state index is 12.9. The van der Waals surface area contributed by atoms with Crippen molar-refractivity contribution < 1.29 is 24.9 Å². The van der Waals surface area contributed by atoms with Gasteiger partial charge in [-0.3, -0.25) is 9.59 Å². The number of carbonyl (C=O) groups is 2. The third-order valence-corrected chi connectivity index (χ3v) is 5.14. The van der Waals surface area contributed by atoms with Gasteiger partial charge in [-0.1, -0.05) is 48.0 Å². The number of hydrogen-bond acceptors (Lipinski definition) is 5. The Morgan fingerprint density at radius 1 is 1.00 bits per heavy atom. The van der Waals surface area contributed by atoms with Crippen LogP contribution in [0.2, 0.25) is 0 Å². The Balaban J connectivity index is 3.24. The van der Waals surface area contributed by atoms with E-state index in [2.05, 4.69) is 0 Å². The smallest absolute Gasteiger partial charge is 0.176 e. The molecular weight excluding hydrogens is 332 g/mol. The van der Waals surface area contributed by atoms with Gasteiger partial charge in [0.25, 0.3) is 0 Å². The second-order valence-electron chi connectivity index (χ2n) is 8.95. The molecule has 0 spiro atoms. The van der Waals surface area contributed by atoms with Gasteiger partial charge in [-0.15, -0.1) is 0 Å². The molecule has 0 saturated carbocycles. The van der Waals surface area contributed by atoms with Gasteiger partial charge in [0, 0.05) is 6.42 Å². The maximum Gasteiger partial charge on any atom is 0.176 e. The molecule has 1 unspecified atom stereocenters. The van der Waals surface area contributed by atoms with Gasteiger partial charge in [0.05, 0.1) is 12.0 Å². The highest BCUT2D eigenvalue weighted by molar-refractivity contribution is 6.23. The number of rotatable bonds is 10. The summed E-state index contributed by atoms with van der Waals surface area (Å²) >= 11 is 0. The van der Waals surface area contributed by atoms with Crippen LogP contribution in [0.1, 0.15) is 73.6 Å². The quantitative estimate of drug-likeness (QED) is 0.512. The number of aliphatic hydroxyl groups is 3. The SMILES string of the molecule is CC(C)CCC(O)[C@]1(O)C(O)=C(C(=O)CC(C)C)C(=O)[C@@H]1CCC(C)C. The van der Waals surface area contributed by atoms with Crippen molar-refractivity contribution in [1.82, 2.24) is 0 Å². The van der Waals surface area contributed by atoms with E-state index in [4.69, 9.17) is 0 Å². The van der Waals surface area contributed by atoms with E-state index in [0.29, 0.717) is 31.1 Å². The molecule has 3 N–H and O–H groups in total. The molecule has 0 aromatic carbocycles. The summed E-state index contributed by atoms with van der Waals surface area (Å²) in [6.45, 7) is 11.7. The summed E-state index contributed by atoms with van der Waals surface area (Å²) in [5, 5.41) is 32.5. The first kappa shape index (κ1) is 22.8. The minimum Gasteiger partial charge on any atom is -0.508 e. The molecule has 0 fully saturated rings. The van der Waals surface area contributed by atoms with Gasteiger partial charge in [-0.25, -0.2) is 0 Å². The average Bonchev–Trinajstić information content (AvgIpc) is 2.69. The van der Waals surface area contributed by atoms with Gasteiger partial charge in [0.15, 0.2) is 17.2 Å². The first-order valence-corrected chi connectivity index (χ1v) is 9.84. The van der Waals surface area contributed by atoms with Crippen LogP contribution in [0.5, 0.6) is 0 Å². The van der Waals surface area contributed by atoms with E-state index in [0.717, 1.165) is 0 Å². The molecule has 1 rings (SSSR count). The number of aliphatic hydroxyl groups excluding tert-OH is 2.